The minimum absolute atomic E-state index is 0.0158. The van der Waals surface area contributed by atoms with Crippen LogP contribution in [0.15, 0.2) is 41.2 Å². The number of urea groups is 1. The topological polar surface area (TPSA) is 118 Å². The molecule has 234 valence electrons. The highest BCUT2D eigenvalue weighted by molar-refractivity contribution is 5.93. The molecule has 0 spiro atoms. The lowest BCUT2D eigenvalue weighted by Crippen LogP contribution is -2.43. The van der Waals surface area contributed by atoms with Gasteiger partial charge in [-0.15, -0.1) is 0 Å². The maximum Gasteiger partial charge on any atom is 0.414 e. The fourth-order valence-electron chi connectivity index (χ4n) is 5.82. The van der Waals surface area contributed by atoms with Gasteiger partial charge in [0.1, 0.15) is 11.9 Å². The molecule has 0 bridgehead atoms. The molecule has 44 heavy (non-hydrogen) atoms. The number of hydrogen-bond donors (Lipinski definition) is 1. The summed E-state index contributed by atoms with van der Waals surface area (Å²) in [5.74, 6) is -1.79. The number of carbonyl (C=O) groups excluding carboxylic acids is 3. The van der Waals surface area contributed by atoms with E-state index in [4.69, 9.17) is 9.47 Å². The molecule has 0 saturated carbocycles. The number of halogens is 3. The zero-order valence-corrected chi connectivity index (χ0v) is 23.7. The number of alkyl halides is 2. The van der Waals surface area contributed by atoms with Gasteiger partial charge in [-0.1, -0.05) is 0 Å². The second kappa shape index (κ2) is 12.2. The van der Waals surface area contributed by atoms with Crippen LogP contribution in [0.25, 0.3) is 10.9 Å². The smallest absolute Gasteiger partial charge is 0.414 e. The monoisotopic (exact) mass is 616 g/mol. The molecule has 3 aliphatic rings. The van der Waals surface area contributed by atoms with Crippen LogP contribution in [0.4, 0.5) is 39.8 Å². The lowest BCUT2D eigenvalue weighted by atomic mass is 10.1. The number of aromatic nitrogens is 2. The van der Waals surface area contributed by atoms with Crippen LogP contribution in [0, 0.1) is 5.82 Å². The molecular formula is C29H31F3N6O6. The van der Waals surface area contributed by atoms with E-state index in [1.807, 2.05) is 9.58 Å². The molecule has 0 radical (unpaired) electrons. The van der Waals surface area contributed by atoms with Crippen LogP contribution in [0.1, 0.15) is 12.8 Å². The molecule has 2 fully saturated rings. The number of rotatable bonds is 7. The summed E-state index contributed by atoms with van der Waals surface area (Å²) in [5.41, 5.74) is 1.56. The molecule has 12 nitrogen and oxygen atoms in total. The maximum atomic E-state index is 15.4. The van der Waals surface area contributed by atoms with Gasteiger partial charge in [-0.2, -0.15) is 0 Å². The van der Waals surface area contributed by atoms with E-state index >= 15 is 4.39 Å². The molecular weight excluding hydrogens is 585 g/mol. The van der Waals surface area contributed by atoms with E-state index in [0.717, 1.165) is 0 Å². The highest BCUT2D eigenvalue weighted by atomic mass is 19.3. The molecule has 0 aliphatic carbocycles. The number of Topliss-reactive ketones (excluding diaryl/α,β-unsaturated/α-hetero) is 1. The summed E-state index contributed by atoms with van der Waals surface area (Å²) in [7, 11) is 0. The molecule has 2 saturated heterocycles. The van der Waals surface area contributed by atoms with Crippen molar-refractivity contribution >= 4 is 45.9 Å². The number of ketones is 1. The number of cyclic esters (lactones) is 1. The third kappa shape index (κ3) is 5.83. The van der Waals surface area contributed by atoms with Crippen LogP contribution < -0.4 is 20.7 Å². The van der Waals surface area contributed by atoms with Crippen molar-refractivity contribution in [2.75, 3.05) is 61.1 Å². The highest BCUT2D eigenvalue weighted by Gasteiger charge is 2.34. The molecule has 1 N–H and O–H groups in total. The lowest BCUT2D eigenvalue weighted by Gasteiger charge is -2.26. The average Bonchev–Trinajstić information content (AvgIpc) is 3.42. The van der Waals surface area contributed by atoms with E-state index in [2.05, 4.69) is 5.32 Å². The van der Waals surface area contributed by atoms with Crippen molar-refractivity contribution in [3.63, 3.8) is 0 Å². The largest absolute Gasteiger partial charge is 0.444 e. The third-order valence-electron chi connectivity index (χ3n) is 8.16. The van der Waals surface area contributed by atoms with Crippen LogP contribution in [0.5, 0.6) is 0 Å². The van der Waals surface area contributed by atoms with Gasteiger partial charge in [-0.05, 0) is 42.8 Å². The molecule has 0 unspecified atom stereocenters. The highest BCUT2D eigenvalue weighted by Crippen LogP contribution is 2.30. The van der Waals surface area contributed by atoms with Gasteiger partial charge in [0.15, 0.2) is 5.78 Å². The third-order valence-corrected chi connectivity index (χ3v) is 8.16. The van der Waals surface area contributed by atoms with Crippen molar-refractivity contribution in [1.82, 2.24) is 14.3 Å². The molecule has 3 aromatic rings. The molecule has 3 amide bonds. The van der Waals surface area contributed by atoms with Crippen molar-refractivity contribution < 1.29 is 37.0 Å². The predicted molar refractivity (Wildman–Crippen MR) is 154 cm³/mol. The predicted octanol–water partition coefficient (Wildman–Crippen LogP) is 3.27. The number of anilines is 3. The first-order valence-electron chi connectivity index (χ1n) is 14.4. The summed E-state index contributed by atoms with van der Waals surface area (Å²) in [6, 6.07) is 9.30. The Bertz CT molecular complexity index is 1650. The first-order chi connectivity index (χ1) is 21.2. The minimum atomic E-state index is -3.07. The zero-order chi connectivity index (χ0) is 31.0. The quantitative estimate of drug-likeness (QED) is 0.433. The van der Waals surface area contributed by atoms with Gasteiger partial charge < -0.3 is 24.6 Å². The number of morpholine rings is 1. The molecule has 3 aliphatic heterocycles. The fraction of sp³-hybridized carbons (Fsp3) is 0.448. The molecule has 15 heteroatoms. The van der Waals surface area contributed by atoms with Gasteiger partial charge in [-0.25, -0.2) is 27.4 Å². The minimum Gasteiger partial charge on any atom is -0.444 e. The lowest BCUT2D eigenvalue weighted by molar-refractivity contribution is -0.129. The SMILES string of the molecule is O=C(CC[C@H]1CN(c2ccc(N3CCn4c(=O)c5cc(NC(=O)N6CCOCC6)ccc5n4CC3)c(F)c2)C(=O)O1)C(F)F. The standard InChI is InChI=1S/C29H31F3N6O6/c30-22-16-19(36-17-20(44-29(36)42)3-6-25(39)26(31)32)2-5-24(22)34-7-9-37-23-4-1-18(15-21(23)27(40)38(37)10-8-34)33-28(41)35-11-13-43-14-12-35/h1-2,4-5,15-16,20,26H,3,6-14,17H2,(H,33,41)/t20-/m0/s1. The molecule has 4 heterocycles. The van der Waals surface area contributed by atoms with Gasteiger partial charge >= 0.3 is 12.1 Å². The Balaban J connectivity index is 1.12. The van der Waals surface area contributed by atoms with Gasteiger partial charge in [0.25, 0.3) is 12.0 Å². The summed E-state index contributed by atoms with van der Waals surface area (Å²) < 4.78 is 54.3. The van der Waals surface area contributed by atoms with Gasteiger partial charge in [0.2, 0.25) is 0 Å². The number of hydrogen-bond acceptors (Lipinski definition) is 7. The van der Waals surface area contributed by atoms with E-state index in [9.17, 15) is 28.0 Å². The average molecular weight is 617 g/mol. The van der Waals surface area contributed by atoms with Crippen LogP contribution in [0.3, 0.4) is 0 Å². The Kier molecular flexibility index (Phi) is 8.21. The van der Waals surface area contributed by atoms with Crippen molar-refractivity contribution in [3.05, 3.63) is 52.6 Å². The molecule has 2 aromatic carbocycles. The molecule has 1 aromatic heterocycles. The number of amides is 3. The Morgan fingerprint density at radius 3 is 2.43 bits per heavy atom. The van der Waals surface area contributed by atoms with Crippen molar-refractivity contribution in [1.29, 1.82) is 0 Å². The van der Waals surface area contributed by atoms with E-state index in [1.165, 1.54) is 11.0 Å². The maximum absolute atomic E-state index is 15.4. The summed E-state index contributed by atoms with van der Waals surface area (Å²) in [4.78, 5) is 54.2. The Morgan fingerprint density at radius 1 is 0.955 bits per heavy atom. The Labute approximate surface area is 249 Å². The van der Waals surface area contributed by atoms with Crippen LogP contribution in [-0.2, 0) is 27.4 Å². The van der Waals surface area contributed by atoms with Crippen molar-refractivity contribution in [3.8, 4) is 0 Å². The van der Waals surface area contributed by atoms with E-state index in [-0.39, 0.29) is 30.2 Å². The molecule has 1 atom stereocenters. The van der Waals surface area contributed by atoms with Crippen LogP contribution in [-0.4, -0.2) is 90.6 Å². The van der Waals surface area contributed by atoms with E-state index in [1.54, 1.807) is 39.9 Å². The molecule has 6 rings (SSSR count). The van der Waals surface area contributed by atoms with Gasteiger partial charge in [-0.3, -0.25) is 19.2 Å². The number of carbonyl (C=O) groups is 3. The second-order valence-corrected chi connectivity index (χ2v) is 10.9. The van der Waals surface area contributed by atoms with E-state index in [0.29, 0.717) is 74.8 Å². The number of nitrogens with zero attached hydrogens (tertiary/aromatic N) is 5. The Hall–Kier alpha value is -4.53. The normalized spacial score (nSPS) is 18.9. The second-order valence-electron chi connectivity index (χ2n) is 10.9. The van der Waals surface area contributed by atoms with Gasteiger partial charge in [0.05, 0.1) is 55.1 Å². The van der Waals surface area contributed by atoms with Gasteiger partial charge in [0, 0.05) is 38.3 Å². The fourth-order valence-corrected chi connectivity index (χ4v) is 5.82. The van der Waals surface area contributed by atoms with E-state index < -0.39 is 36.6 Å². The van der Waals surface area contributed by atoms with Crippen molar-refractivity contribution in [2.45, 2.75) is 38.5 Å². The first-order valence-corrected chi connectivity index (χ1v) is 14.4. The Morgan fingerprint density at radius 2 is 1.70 bits per heavy atom. The van der Waals surface area contributed by atoms with Crippen LogP contribution in [0.2, 0.25) is 0 Å². The van der Waals surface area contributed by atoms with Crippen molar-refractivity contribution in [2.24, 2.45) is 0 Å². The number of benzene rings is 2. The summed E-state index contributed by atoms with van der Waals surface area (Å²) in [6.45, 7) is 3.42. The zero-order valence-electron chi connectivity index (χ0n) is 23.7. The number of nitrogens with one attached hydrogen (secondary N) is 1. The van der Waals surface area contributed by atoms with Crippen LogP contribution >= 0.6 is 0 Å². The summed E-state index contributed by atoms with van der Waals surface area (Å²) >= 11 is 0. The summed E-state index contributed by atoms with van der Waals surface area (Å²) in [5, 5.41) is 3.33. The number of ether oxygens (including phenoxy) is 2. The first kappa shape index (κ1) is 29.5. The summed E-state index contributed by atoms with van der Waals surface area (Å²) in [6.07, 6.45) is -5.02. The number of fused-ring (bicyclic) bond motifs is 3.